The summed E-state index contributed by atoms with van der Waals surface area (Å²) in [6.07, 6.45) is 1.81. The van der Waals surface area contributed by atoms with Gasteiger partial charge in [0.05, 0.1) is 12.6 Å². The zero-order chi connectivity index (χ0) is 7.11. The van der Waals surface area contributed by atoms with Crippen LogP contribution in [0.15, 0.2) is 9.98 Å². The molecule has 0 saturated carbocycles. The third-order valence-electron chi connectivity index (χ3n) is 1.03. The molecule has 0 bridgehead atoms. The van der Waals surface area contributed by atoms with Crippen LogP contribution in [-0.2, 0) is 0 Å². The Labute approximate surface area is 55.9 Å². The smallest absolute Gasteiger partial charge is 0.0615 e. The molecule has 3 nitrogen and oxygen atoms in total. The molecule has 0 rings (SSSR count). The average molecular weight is 127 g/mol. The van der Waals surface area contributed by atoms with E-state index in [1.807, 2.05) is 13.3 Å². The second-order valence-electron chi connectivity index (χ2n) is 1.71. The Bertz CT molecular complexity index is 98.5. The van der Waals surface area contributed by atoms with E-state index < -0.39 is 0 Å². The highest BCUT2D eigenvalue weighted by Gasteiger charge is 1.96. The van der Waals surface area contributed by atoms with Gasteiger partial charge in [-0.3, -0.25) is 9.98 Å². The molecule has 52 valence electrons. The number of nitrogens with one attached hydrogen (secondary N) is 1. The first-order chi connectivity index (χ1) is 4.35. The predicted molar refractivity (Wildman–Crippen MR) is 41.7 cm³/mol. The van der Waals surface area contributed by atoms with Gasteiger partial charge in [0.25, 0.3) is 0 Å². The van der Waals surface area contributed by atoms with Gasteiger partial charge in [-0.05, 0) is 13.8 Å². The van der Waals surface area contributed by atoms with Gasteiger partial charge in [-0.25, -0.2) is 0 Å². The Morgan fingerprint density at radius 2 is 2.44 bits per heavy atom. The molecule has 0 aromatic heterocycles. The van der Waals surface area contributed by atoms with Crippen LogP contribution >= 0.6 is 0 Å². The summed E-state index contributed by atoms with van der Waals surface area (Å²) in [6, 6.07) is 0.243. The quantitative estimate of drug-likeness (QED) is 0.529. The van der Waals surface area contributed by atoms with E-state index in [9.17, 15) is 0 Å². The molecule has 0 fully saturated rings. The summed E-state index contributed by atoms with van der Waals surface area (Å²) in [5, 5.41) is 3.02. The Balaban J connectivity index is 3.53. The van der Waals surface area contributed by atoms with Crippen molar-refractivity contribution in [2.75, 3.05) is 20.6 Å². The number of nitrogens with zero attached hydrogens (tertiary/aromatic N) is 2. The van der Waals surface area contributed by atoms with E-state index in [1.165, 1.54) is 0 Å². The summed E-state index contributed by atoms with van der Waals surface area (Å²) in [4.78, 5) is 7.57. The minimum atomic E-state index is 0.243. The average Bonchev–Trinajstić information content (AvgIpc) is 1.88. The second kappa shape index (κ2) is 5.44. The molecule has 0 saturated heterocycles. The van der Waals surface area contributed by atoms with E-state index in [2.05, 4.69) is 22.0 Å². The van der Waals surface area contributed by atoms with E-state index >= 15 is 0 Å². The standard InChI is InChI=1S/C6H13N3/c1-7-4-6(9-3)5-8-2/h5-6,9H,1,4H2,2-3H3/b8-5-. The van der Waals surface area contributed by atoms with Gasteiger partial charge in [0, 0.05) is 13.3 Å². The molecule has 9 heavy (non-hydrogen) atoms. The molecule has 0 aliphatic heterocycles. The van der Waals surface area contributed by atoms with Gasteiger partial charge in [0.1, 0.15) is 0 Å². The third kappa shape index (κ3) is 3.85. The van der Waals surface area contributed by atoms with Crippen LogP contribution in [0.1, 0.15) is 0 Å². The number of rotatable bonds is 4. The van der Waals surface area contributed by atoms with Crippen molar-refractivity contribution in [2.45, 2.75) is 6.04 Å². The lowest BCUT2D eigenvalue weighted by Crippen LogP contribution is -2.29. The number of hydrogen-bond acceptors (Lipinski definition) is 3. The van der Waals surface area contributed by atoms with Crippen LogP contribution in [0.2, 0.25) is 0 Å². The van der Waals surface area contributed by atoms with Crippen molar-refractivity contribution in [3.05, 3.63) is 0 Å². The Kier molecular flexibility index (Phi) is 5.01. The van der Waals surface area contributed by atoms with Gasteiger partial charge in [0.15, 0.2) is 0 Å². The molecule has 0 heterocycles. The Morgan fingerprint density at radius 3 is 2.78 bits per heavy atom. The first-order valence-corrected chi connectivity index (χ1v) is 2.87. The van der Waals surface area contributed by atoms with Gasteiger partial charge in [-0.15, -0.1) is 0 Å². The summed E-state index contributed by atoms with van der Waals surface area (Å²) in [7, 11) is 3.62. The van der Waals surface area contributed by atoms with Crippen LogP contribution in [0.3, 0.4) is 0 Å². The maximum atomic E-state index is 3.85. The molecule has 0 amide bonds. The molecule has 0 aliphatic rings. The molecule has 1 N–H and O–H groups in total. The molecule has 0 aromatic rings. The molecule has 0 aromatic carbocycles. The van der Waals surface area contributed by atoms with E-state index in [0.717, 1.165) is 0 Å². The summed E-state index contributed by atoms with van der Waals surface area (Å²) >= 11 is 0. The topological polar surface area (TPSA) is 36.8 Å². The highest BCUT2D eigenvalue weighted by Crippen LogP contribution is 1.77. The van der Waals surface area contributed by atoms with Crippen LogP contribution in [0.5, 0.6) is 0 Å². The lowest BCUT2D eigenvalue weighted by molar-refractivity contribution is 0.721. The maximum Gasteiger partial charge on any atom is 0.0615 e. The Morgan fingerprint density at radius 1 is 1.78 bits per heavy atom. The van der Waals surface area contributed by atoms with Crippen molar-refractivity contribution in [1.29, 1.82) is 0 Å². The highest BCUT2D eigenvalue weighted by molar-refractivity contribution is 5.64. The van der Waals surface area contributed by atoms with Crippen molar-refractivity contribution in [1.82, 2.24) is 5.32 Å². The fourth-order valence-corrected chi connectivity index (χ4v) is 0.532. The predicted octanol–water partition coefficient (Wildman–Crippen LogP) is -0.0244. The first kappa shape index (κ1) is 8.30. The fourth-order valence-electron chi connectivity index (χ4n) is 0.532. The minimum Gasteiger partial charge on any atom is -0.311 e. The van der Waals surface area contributed by atoms with Gasteiger partial charge in [-0.2, -0.15) is 0 Å². The SMILES string of the molecule is C=NCC(/C=N\C)NC. The monoisotopic (exact) mass is 127 g/mol. The highest BCUT2D eigenvalue weighted by atomic mass is 14.9. The number of aliphatic imine (C=N–C) groups is 2. The van der Waals surface area contributed by atoms with Crippen LogP contribution in [0, 0.1) is 0 Å². The van der Waals surface area contributed by atoms with E-state index in [-0.39, 0.29) is 6.04 Å². The van der Waals surface area contributed by atoms with Crippen LogP contribution in [0.4, 0.5) is 0 Å². The third-order valence-corrected chi connectivity index (χ3v) is 1.03. The molecule has 0 aliphatic carbocycles. The largest absolute Gasteiger partial charge is 0.311 e. The van der Waals surface area contributed by atoms with Crippen LogP contribution in [0.25, 0.3) is 0 Å². The zero-order valence-corrected chi connectivity index (χ0v) is 5.96. The molecule has 1 atom stereocenters. The van der Waals surface area contributed by atoms with Gasteiger partial charge < -0.3 is 5.32 Å². The molecule has 3 heteroatoms. The summed E-state index contributed by atoms with van der Waals surface area (Å²) in [5.74, 6) is 0. The fraction of sp³-hybridized carbons (Fsp3) is 0.667. The molecule has 1 unspecified atom stereocenters. The lowest BCUT2D eigenvalue weighted by Gasteiger charge is -2.04. The zero-order valence-electron chi connectivity index (χ0n) is 5.96. The number of hydrogen-bond donors (Lipinski definition) is 1. The summed E-state index contributed by atoms with van der Waals surface area (Å²) < 4.78 is 0. The van der Waals surface area contributed by atoms with Crippen molar-refractivity contribution in [3.63, 3.8) is 0 Å². The van der Waals surface area contributed by atoms with Crippen molar-refractivity contribution >= 4 is 12.9 Å². The van der Waals surface area contributed by atoms with E-state index in [1.54, 1.807) is 7.05 Å². The molecular formula is C6H13N3. The normalized spacial score (nSPS) is 14.0. The van der Waals surface area contributed by atoms with Gasteiger partial charge >= 0.3 is 0 Å². The van der Waals surface area contributed by atoms with Crippen molar-refractivity contribution < 1.29 is 0 Å². The van der Waals surface area contributed by atoms with Crippen molar-refractivity contribution in [2.24, 2.45) is 9.98 Å². The maximum absolute atomic E-state index is 3.85. The first-order valence-electron chi connectivity index (χ1n) is 2.87. The minimum absolute atomic E-state index is 0.243. The van der Waals surface area contributed by atoms with Crippen LogP contribution in [-0.4, -0.2) is 39.6 Å². The van der Waals surface area contributed by atoms with Gasteiger partial charge in [-0.1, -0.05) is 0 Å². The lowest BCUT2D eigenvalue weighted by atomic mass is 10.3. The number of likely N-dealkylation sites (N-methyl/N-ethyl adjacent to an activating group) is 1. The Hall–Kier alpha value is -0.700. The van der Waals surface area contributed by atoms with E-state index in [0.29, 0.717) is 6.54 Å². The molecule has 0 radical (unpaired) electrons. The second-order valence-corrected chi connectivity index (χ2v) is 1.71. The molecular weight excluding hydrogens is 114 g/mol. The van der Waals surface area contributed by atoms with Crippen molar-refractivity contribution in [3.8, 4) is 0 Å². The molecule has 0 spiro atoms. The summed E-state index contributed by atoms with van der Waals surface area (Å²) in [6.45, 7) is 4.07. The van der Waals surface area contributed by atoms with E-state index in [4.69, 9.17) is 0 Å². The van der Waals surface area contributed by atoms with Gasteiger partial charge in [0.2, 0.25) is 0 Å². The van der Waals surface area contributed by atoms with Crippen LogP contribution < -0.4 is 5.32 Å². The summed E-state index contributed by atoms with van der Waals surface area (Å²) in [5.41, 5.74) is 0.